The van der Waals surface area contributed by atoms with Gasteiger partial charge in [-0.1, -0.05) is 44.2 Å². The van der Waals surface area contributed by atoms with Gasteiger partial charge < -0.3 is 10.0 Å². The second-order valence-corrected chi connectivity index (χ2v) is 7.35. The van der Waals surface area contributed by atoms with Gasteiger partial charge in [-0.15, -0.1) is 0 Å². The Bertz CT molecular complexity index is 495. The first-order valence-electron chi connectivity index (χ1n) is 7.94. The number of nitrogens with zero attached hydrogens (tertiary/aromatic N) is 2. The van der Waals surface area contributed by atoms with Crippen LogP contribution in [0.5, 0.6) is 0 Å². The largest absolute Gasteiger partial charge is 0.388 e. The molecule has 0 aliphatic carbocycles. The predicted octanol–water partition coefficient (Wildman–Crippen LogP) is 2.13. The van der Waals surface area contributed by atoms with Crippen LogP contribution in [0.15, 0.2) is 30.3 Å². The van der Waals surface area contributed by atoms with E-state index in [-0.39, 0.29) is 11.3 Å². The van der Waals surface area contributed by atoms with Crippen molar-refractivity contribution in [1.82, 2.24) is 9.80 Å². The minimum atomic E-state index is -0.689. The van der Waals surface area contributed by atoms with Gasteiger partial charge >= 0.3 is 0 Å². The number of likely N-dealkylation sites (tertiary alicyclic amines) is 1. The second kappa shape index (κ2) is 6.39. The van der Waals surface area contributed by atoms with Gasteiger partial charge in [0.2, 0.25) is 5.91 Å². The molecule has 0 spiro atoms. The minimum Gasteiger partial charge on any atom is -0.388 e. The van der Waals surface area contributed by atoms with Crippen LogP contribution in [-0.2, 0) is 11.3 Å². The van der Waals surface area contributed by atoms with Gasteiger partial charge in [0, 0.05) is 45.1 Å². The molecule has 22 heavy (non-hydrogen) atoms. The molecule has 1 aliphatic rings. The van der Waals surface area contributed by atoms with E-state index in [0.717, 1.165) is 12.1 Å². The third kappa shape index (κ3) is 3.87. The van der Waals surface area contributed by atoms with Crippen LogP contribution >= 0.6 is 0 Å². The van der Waals surface area contributed by atoms with Crippen molar-refractivity contribution < 1.29 is 9.90 Å². The van der Waals surface area contributed by atoms with Crippen LogP contribution in [0.4, 0.5) is 0 Å². The Morgan fingerprint density at radius 1 is 1.23 bits per heavy atom. The summed E-state index contributed by atoms with van der Waals surface area (Å²) in [6.45, 7) is 8.86. The Kier molecular flexibility index (Phi) is 4.93. The Hall–Kier alpha value is -1.39. The monoisotopic (exact) mass is 304 g/mol. The van der Waals surface area contributed by atoms with E-state index in [1.807, 2.05) is 44.3 Å². The lowest BCUT2D eigenvalue weighted by Crippen LogP contribution is -2.40. The van der Waals surface area contributed by atoms with Crippen molar-refractivity contribution in [1.29, 1.82) is 0 Å². The van der Waals surface area contributed by atoms with E-state index in [2.05, 4.69) is 18.7 Å². The highest BCUT2D eigenvalue weighted by atomic mass is 16.3. The molecule has 4 heteroatoms. The molecular formula is C18H28N2O2. The molecule has 1 aromatic rings. The Morgan fingerprint density at radius 2 is 1.86 bits per heavy atom. The van der Waals surface area contributed by atoms with Gasteiger partial charge in [-0.3, -0.25) is 9.69 Å². The first kappa shape index (κ1) is 17.0. The summed E-state index contributed by atoms with van der Waals surface area (Å²) in [5.41, 5.74) is 0.321. The molecule has 0 unspecified atom stereocenters. The molecule has 0 radical (unpaired) electrons. The lowest BCUT2D eigenvalue weighted by molar-refractivity contribution is -0.130. The number of benzene rings is 1. The van der Waals surface area contributed by atoms with Crippen molar-refractivity contribution in [2.24, 2.45) is 5.41 Å². The molecule has 1 N–H and O–H groups in total. The average molecular weight is 304 g/mol. The molecule has 1 aromatic carbocycles. The maximum atomic E-state index is 12.3. The van der Waals surface area contributed by atoms with E-state index in [0.29, 0.717) is 26.1 Å². The average Bonchev–Trinajstić information content (AvgIpc) is 2.65. The van der Waals surface area contributed by atoms with Crippen LogP contribution in [0.3, 0.4) is 0 Å². The van der Waals surface area contributed by atoms with Crippen LogP contribution in [0, 0.1) is 5.41 Å². The fraction of sp³-hybridized carbons (Fsp3) is 0.611. The molecule has 0 saturated carbocycles. The number of hydrogen-bond acceptors (Lipinski definition) is 3. The number of amides is 1. The number of hydrogen-bond donors (Lipinski definition) is 1. The topological polar surface area (TPSA) is 43.8 Å². The zero-order valence-corrected chi connectivity index (χ0v) is 14.2. The smallest absolute Gasteiger partial charge is 0.223 e. The molecule has 1 fully saturated rings. The van der Waals surface area contributed by atoms with Gasteiger partial charge in [-0.25, -0.2) is 0 Å². The predicted molar refractivity (Wildman–Crippen MR) is 88.4 cm³/mol. The zero-order chi connectivity index (χ0) is 16.4. The van der Waals surface area contributed by atoms with Crippen LogP contribution in [0.25, 0.3) is 0 Å². The highest BCUT2D eigenvalue weighted by Gasteiger charge is 2.47. The normalized spacial score (nSPS) is 24.4. The quantitative estimate of drug-likeness (QED) is 0.906. The number of carbonyl (C=O) groups excluding carboxylic acids is 1. The van der Waals surface area contributed by atoms with Crippen LogP contribution in [0.1, 0.15) is 32.8 Å². The summed E-state index contributed by atoms with van der Waals surface area (Å²) in [6, 6.07) is 10.0. The highest BCUT2D eigenvalue weighted by Crippen LogP contribution is 2.38. The second-order valence-electron chi connectivity index (χ2n) is 7.35. The number of rotatable bonds is 5. The van der Waals surface area contributed by atoms with E-state index in [9.17, 15) is 9.90 Å². The standard InChI is InChI=1S/C18H28N2O2/c1-17(2)13-20(14-18(17,3)22)11-10-16(21)19(4)12-15-8-6-5-7-9-15/h5-9,22H,10-14H2,1-4H3/t18-/m1/s1. The minimum absolute atomic E-state index is 0.133. The lowest BCUT2D eigenvalue weighted by Gasteiger charge is -2.31. The molecule has 1 saturated heterocycles. The summed E-state index contributed by atoms with van der Waals surface area (Å²) in [7, 11) is 1.85. The van der Waals surface area contributed by atoms with E-state index < -0.39 is 5.60 Å². The Balaban J connectivity index is 1.81. The maximum absolute atomic E-state index is 12.3. The fourth-order valence-corrected chi connectivity index (χ4v) is 2.98. The molecule has 0 bridgehead atoms. The zero-order valence-electron chi connectivity index (χ0n) is 14.2. The number of carbonyl (C=O) groups is 1. The van der Waals surface area contributed by atoms with Crippen molar-refractivity contribution in [3.8, 4) is 0 Å². The van der Waals surface area contributed by atoms with Crippen molar-refractivity contribution in [2.75, 3.05) is 26.7 Å². The molecule has 1 aliphatic heterocycles. The van der Waals surface area contributed by atoms with E-state index in [1.165, 1.54) is 0 Å². The highest BCUT2D eigenvalue weighted by molar-refractivity contribution is 5.76. The fourth-order valence-electron chi connectivity index (χ4n) is 2.98. The first-order valence-corrected chi connectivity index (χ1v) is 7.94. The number of β-amino-alcohol motifs (C(OH)–C–C–N with tert-alkyl or cyclic N) is 1. The van der Waals surface area contributed by atoms with E-state index in [1.54, 1.807) is 4.90 Å². The van der Waals surface area contributed by atoms with Gasteiger partial charge in [0.15, 0.2) is 0 Å². The summed E-state index contributed by atoms with van der Waals surface area (Å²) >= 11 is 0. The third-order valence-corrected chi connectivity index (χ3v) is 4.94. The van der Waals surface area contributed by atoms with E-state index >= 15 is 0 Å². The molecule has 4 nitrogen and oxygen atoms in total. The van der Waals surface area contributed by atoms with Crippen molar-refractivity contribution in [3.63, 3.8) is 0 Å². The van der Waals surface area contributed by atoms with E-state index in [4.69, 9.17) is 0 Å². The Morgan fingerprint density at radius 3 is 2.41 bits per heavy atom. The summed E-state index contributed by atoms with van der Waals surface area (Å²) < 4.78 is 0. The SMILES string of the molecule is CN(Cc1ccccc1)C(=O)CCN1CC(C)(C)[C@](C)(O)C1. The van der Waals surface area contributed by atoms with Crippen LogP contribution in [0.2, 0.25) is 0 Å². The summed E-state index contributed by atoms with van der Waals surface area (Å²) in [5, 5.41) is 10.4. The van der Waals surface area contributed by atoms with Gasteiger partial charge in [-0.05, 0) is 12.5 Å². The van der Waals surface area contributed by atoms with Crippen molar-refractivity contribution in [3.05, 3.63) is 35.9 Å². The molecule has 122 valence electrons. The van der Waals surface area contributed by atoms with Gasteiger partial charge in [-0.2, -0.15) is 0 Å². The molecule has 1 amide bonds. The third-order valence-electron chi connectivity index (χ3n) is 4.94. The first-order chi connectivity index (χ1) is 10.2. The Labute approximate surface area is 133 Å². The van der Waals surface area contributed by atoms with Gasteiger partial charge in [0.05, 0.1) is 5.60 Å². The summed E-state index contributed by atoms with van der Waals surface area (Å²) in [4.78, 5) is 16.2. The van der Waals surface area contributed by atoms with Crippen molar-refractivity contribution in [2.45, 2.75) is 39.3 Å². The maximum Gasteiger partial charge on any atom is 0.223 e. The van der Waals surface area contributed by atoms with Crippen LogP contribution < -0.4 is 0 Å². The molecular weight excluding hydrogens is 276 g/mol. The molecule has 1 atom stereocenters. The lowest BCUT2D eigenvalue weighted by atomic mass is 9.79. The van der Waals surface area contributed by atoms with Crippen LogP contribution in [-0.4, -0.2) is 53.1 Å². The van der Waals surface area contributed by atoms with Crippen molar-refractivity contribution >= 4 is 5.91 Å². The summed E-state index contributed by atoms with van der Waals surface area (Å²) in [6.07, 6.45) is 0.496. The summed E-state index contributed by atoms with van der Waals surface area (Å²) in [5.74, 6) is 0.146. The number of aliphatic hydroxyl groups is 1. The molecule has 0 aromatic heterocycles. The molecule has 2 rings (SSSR count). The molecule has 1 heterocycles. The van der Waals surface area contributed by atoms with Gasteiger partial charge in [0.1, 0.15) is 0 Å². The van der Waals surface area contributed by atoms with Gasteiger partial charge in [0.25, 0.3) is 0 Å².